The third-order valence-corrected chi connectivity index (χ3v) is 4.63. The van der Waals surface area contributed by atoms with Crippen molar-refractivity contribution in [3.8, 4) is 0 Å². The number of hydrogen-bond donors (Lipinski definition) is 1. The zero-order chi connectivity index (χ0) is 17.5. The topological polar surface area (TPSA) is 66.5 Å². The second-order valence-corrected chi connectivity index (χ2v) is 6.57. The van der Waals surface area contributed by atoms with E-state index in [4.69, 9.17) is 0 Å². The average molecular weight is 340 g/mol. The van der Waals surface area contributed by atoms with Gasteiger partial charge in [-0.1, -0.05) is 19.1 Å². The molecule has 5 nitrogen and oxygen atoms in total. The molecule has 23 heavy (non-hydrogen) atoms. The maximum Gasteiger partial charge on any atom is 0.241 e. The minimum atomic E-state index is -3.91. The molecule has 0 aliphatic heterocycles. The molecule has 0 radical (unpaired) electrons. The van der Waals surface area contributed by atoms with E-state index in [0.29, 0.717) is 13.1 Å². The van der Waals surface area contributed by atoms with E-state index >= 15 is 0 Å². The Morgan fingerprint density at radius 2 is 1.78 bits per heavy atom. The molecule has 126 valence electrons. The number of hydrogen-bond acceptors (Lipinski definition) is 3. The van der Waals surface area contributed by atoms with Gasteiger partial charge in [0.1, 0.15) is 11.9 Å². The minimum absolute atomic E-state index is 0.0934. The lowest BCUT2D eigenvalue weighted by Crippen LogP contribution is -2.48. The summed E-state index contributed by atoms with van der Waals surface area (Å²) in [6, 6.07) is 3.50. The Labute approximate surface area is 136 Å². The van der Waals surface area contributed by atoms with E-state index in [1.807, 2.05) is 0 Å². The highest BCUT2D eigenvalue weighted by Gasteiger charge is 2.27. The van der Waals surface area contributed by atoms with Crippen LogP contribution in [0, 0.1) is 5.82 Å². The van der Waals surface area contributed by atoms with Gasteiger partial charge in [0, 0.05) is 13.1 Å². The number of carbonyl (C=O) groups excluding carboxylic acids is 1. The average Bonchev–Trinajstić information content (AvgIpc) is 2.52. The van der Waals surface area contributed by atoms with Gasteiger partial charge in [-0.3, -0.25) is 4.79 Å². The third kappa shape index (κ3) is 5.30. The van der Waals surface area contributed by atoms with Crippen LogP contribution in [0.15, 0.2) is 54.5 Å². The van der Waals surface area contributed by atoms with Crippen molar-refractivity contribution in [3.63, 3.8) is 0 Å². The zero-order valence-corrected chi connectivity index (χ0v) is 13.9. The van der Waals surface area contributed by atoms with Gasteiger partial charge in [0.2, 0.25) is 15.9 Å². The van der Waals surface area contributed by atoms with Crippen molar-refractivity contribution in [3.05, 3.63) is 55.4 Å². The van der Waals surface area contributed by atoms with Gasteiger partial charge in [0.25, 0.3) is 0 Å². The maximum absolute atomic E-state index is 12.9. The number of nitrogens with one attached hydrogen (secondary N) is 1. The molecule has 0 heterocycles. The predicted octanol–water partition coefficient (Wildman–Crippen LogP) is 2.08. The molecular formula is C16H21FN2O3S. The first-order valence-electron chi connectivity index (χ1n) is 7.14. The van der Waals surface area contributed by atoms with Gasteiger partial charge in [0.15, 0.2) is 0 Å². The molecule has 1 amide bonds. The van der Waals surface area contributed by atoms with E-state index in [2.05, 4.69) is 17.9 Å². The van der Waals surface area contributed by atoms with Crippen LogP contribution in [0.25, 0.3) is 0 Å². The second kappa shape index (κ2) is 8.59. The van der Waals surface area contributed by atoms with Gasteiger partial charge in [0.05, 0.1) is 4.90 Å². The van der Waals surface area contributed by atoms with Crippen molar-refractivity contribution in [2.24, 2.45) is 0 Å². The van der Waals surface area contributed by atoms with Gasteiger partial charge < -0.3 is 4.90 Å². The van der Waals surface area contributed by atoms with Crippen LogP contribution in [0.3, 0.4) is 0 Å². The summed E-state index contributed by atoms with van der Waals surface area (Å²) < 4.78 is 39.9. The van der Waals surface area contributed by atoms with Crippen LogP contribution in [0.5, 0.6) is 0 Å². The Bertz CT molecular complexity index is 646. The molecule has 1 unspecified atom stereocenters. The largest absolute Gasteiger partial charge is 0.334 e. The fourth-order valence-electron chi connectivity index (χ4n) is 1.96. The first-order chi connectivity index (χ1) is 10.9. The first-order valence-corrected chi connectivity index (χ1v) is 8.62. The summed E-state index contributed by atoms with van der Waals surface area (Å²) in [6.07, 6.45) is 3.40. The van der Waals surface area contributed by atoms with Crippen molar-refractivity contribution < 1.29 is 17.6 Å². The second-order valence-electron chi connectivity index (χ2n) is 4.86. The summed E-state index contributed by atoms with van der Waals surface area (Å²) in [5.41, 5.74) is 0. The number of benzene rings is 1. The molecule has 1 rings (SSSR count). The van der Waals surface area contributed by atoms with E-state index in [0.717, 1.165) is 24.3 Å². The molecule has 0 spiro atoms. The summed E-state index contributed by atoms with van der Waals surface area (Å²) in [5.74, 6) is -0.895. The fraction of sp³-hybridized carbons (Fsp3) is 0.312. The summed E-state index contributed by atoms with van der Waals surface area (Å²) in [7, 11) is -3.91. The van der Waals surface area contributed by atoms with Gasteiger partial charge in [-0.25, -0.2) is 12.8 Å². The number of amides is 1. The number of rotatable bonds is 9. The normalized spacial score (nSPS) is 12.4. The molecule has 0 aliphatic carbocycles. The van der Waals surface area contributed by atoms with Crippen molar-refractivity contribution in [2.75, 3.05) is 13.1 Å². The maximum atomic E-state index is 12.9. The zero-order valence-electron chi connectivity index (χ0n) is 13.0. The highest BCUT2D eigenvalue weighted by Crippen LogP contribution is 2.12. The summed E-state index contributed by atoms with van der Waals surface area (Å²) in [4.78, 5) is 13.8. The molecule has 0 aromatic heterocycles. The van der Waals surface area contributed by atoms with Crippen LogP contribution in [-0.2, 0) is 14.8 Å². The fourth-order valence-corrected chi connectivity index (χ4v) is 3.24. The molecule has 0 bridgehead atoms. The smallest absolute Gasteiger partial charge is 0.241 e. The van der Waals surface area contributed by atoms with Gasteiger partial charge in [-0.05, 0) is 30.7 Å². The lowest BCUT2D eigenvalue weighted by atomic mass is 10.2. The van der Waals surface area contributed by atoms with E-state index in [1.165, 1.54) is 4.90 Å². The lowest BCUT2D eigenvalue weighted by molar-refractivity contribution is -0.132. The predicted molar refractivity (Wildman–Crippen MR) is 87.8 cm³/mol. The van der Waals surface area contributed by atoms with Gasteiger partial charge in [-0.2, -0.15) is 4.72 Å². The van der Waals surface area contributed by atoms with Crippen LogP contribution in [-0.4, -0.2) is 38.4 Å². The molecule has 0 fully saturated rings. The SMILES string of the molecule is C=CCN(CC=C)C(=O)C(CC)NS(=O)(=O)c1ccc(F)cc1. The van der Waals surface area contributed by atoms with Crippen LogP contribution in [0.1, 0.15) is 13.3 Å². The Morgan fingerprint density at radius 3 is 2.22 bits per heavy atom. The molecule has 1 atom stereocenters. The van der Waals surface area contributed by atoms with Gasteiger partial charge in [-0.15, -0.1) is 13.2 Å². The molecule has 0 saturated carbocycles. The van der Waals surface area contributed by atoms with E-state index in [9.17, 15) is 17.6 Å². The van der Waals surface area contributed by atoms with Crippen molar-refractivity contribution in [2.45, 2.75) is 24.3 Å². The number of sulfonamides is 1. The lowest BCUT2D eigenvalue weighted by Gasteiger charge is -2.25. The van der Waals surface area contributed by atoms with Crippen molar-refractivity contribution >= 4 is 15.9 Å². The van der Waals surface area contributed by atoms with E-state index in [1.54, 1.807) is 19.1 Å². The van der Waals surface area contributed by atoms with E-state index < -0.39 is 21.9 Å². The number of halogens is 1. The van der Waals surface area contributed by atoms with E-state index in [-0.39, 0.29) is 17.2 Å². The molecule has 0 aliphatic rings. The number of carbonyl (C=O) groups is 1. The van der Waals surface area contributed by atoms with Crippen LogP contribution in [0.4, 0.5) is 4.39 Å². The Morgan fingerprint density at radius 1 is 1.26 bits per heavy atom. The van der Waals surface area contributed by atoms with Crippen molar-refractivity contribution in [1.29, 1.82) is 0 Å². The Kier molecular flexibility index (Phi) is 7.12. The standard InChI is InChI=1S/C16H21FN2O3S/c1-4-11-19(12-5-2)16(20)15(6-3)18-23(21,22)14-9-7-13(17)8-10-14/h4-5,7-10,15,18H,1-2,6,11-12H2,3H3. The molecule has 1 N–H and O–H groups in total. The summed E-state index contributed by atoms with van der Waals surface area (Å²) in [6.45, 7) is 9.44. The van der Waals surface area contributed by atoms with Crippen LogP contribution < -0.4 is 4.72 Å². The summed E-state index contributed by atoms with van der Waals surface area (Å²) >= 11 is 0. The monoisotopic (exact) mass is 340 g/mol. The highest BCUT2D eigenvalue weighted by atomic mass is 32.2. The molecule has 7 heteroatoms. The quantitative estimate of drug-likeness (QED) is 0.700. The molecular weight excluding hydrogens is 319 g/mol. The summed E-state index contributed by atoms with van der Waals surface area (Å²) in [5, 5.41) is 0. The minimum Gasteiger partial charge on any atom is -0.334 e. The van der Waals surface area contributed by atoms with Crippen LogP contribution in [0.2, 0.25) is 0 Å². The first kappa shape index (κ1) is 19.1. The molecule has 0 saturated heterocycles. The van der Waals surface area contributed by atoms with Gasteiger partial charge >= 0.3 is 0 Å². The Balaban J connectivity index is 2.96. The third-order valence-electron chi connectivity index (χ3n) is 3.14. The number of nitrogens with zero attached hydrogens (tertiary/aromatic N) is 1. The molecule has 1 aromatic rings. The van der Waals surface area contributed by atoms with Crippen molar-refractivity contribution in [1.82, 2.24) is 9.62 Å². The Hall–Kier alpha value is -1.99. The van der Waals surface area contributed by atoms with Crippen LogP contribution >= 0.6 is 0 Å². The highest BCUT2D eigenvalue weighted by molar-refractivity contribution is 7.89. The molecule has 1 aromatic carbocycles.